The summed E-state index contributed by atoms with van der Waals surface area (Å²) in [6, 6.07) is -0.669. The van der Waals surface area contributed by atoms with Crippen molar-refractivity contribution in [3.63, 3.8) is 0 Å². The van der Waals surface area contributed by atoms with Crippen LogP contribution in [0.25, 0.3) is 0 Å². The Labute approximate surface area is 66.0 Å². The maximum Gasteiger partial charge on any atom is 0.334 e. The third-order valence-electron chi connectivity index (χ3n) is 1.92. The Kier molecular flexibility index (Phi) is 4.07. The highest BCUT2D eigenvalue weighted by Gasteiger charge is 2.25. The van der Waals surface area contributed by atoms with E-state index in [4.69, 9.17) is 15.9 Å². The van der Waals surface area contributed by atoms with E-state index in [1.807, 2.05) is 13.8 Å². The molecule has 0 saturated carbocycles. The number of rotatable bonds is 4. The second kappa shape index (κ2) is 4.31. The van der Waals surface area contributed by atoms with Crippen molar-refractivity contribution in [2.75, 3.05) is 0 Å². The van der Waals surface area contributed by atoms with Gasteiger partial charge in [0.05, 0.1) is 0 Å². The van der Waals surface area contributed by atoms with Gasteiger partial charge in [0.1, 0.15) is 0 Å². The molecule has 0 aromatic heterocycles. The molecule has 0 rings (SSSR count). The van der Waals surface area contributed by atoms with Gasteiger partial charge in [-0.1, -0.05) is 20.3 Å². The van der Waals surface area contributed by atoms with E-state index in [0.717, 1.165) is 6.42 Å². The maximum atomic E-state index is 10.2. The van der Waals surface area contributed by atoms with E-state index >= 15 is 0 Å². The average Bonchev–Trinajstić information content (AvgIpc) is 2.00. The minimum Gasteiger partial charge on any atom is -0.479 e. The van der Waals surface area contributed by atoms with Gasteiger partial charge in [-0.05, 0) is 5.92 Å². The van der Waals surface area contributed by atoms with Crippen molar-refractivity contribution < 1.29 is 15.0 Å². The molecule has 3 atom stereocenters. The van der Waals surface area contributed by atoms with Gasteiger partial charge in [-0.3, -0.25) is 0 Å². The van der Waals surface area contributed by atoms with Gasteiger partial charge in [-0.25, -0.2) is 4.79 Å². The molecule has 0 heterocycles. The van der Waals surface area contributed by atoms with Crippen molar-refractivity contribution in [2.24, 2.45) is 11.7 Å². The normalized spacial score (nSPS) is 18.9. The smallest absolute Gasteiger partial charge is 0.334 e. The van der Waals surface area contributed by atoms with E-state index < -0.39 is 18.1 Å². The Morgan fingerprint density at radius 1 is 1.64 bits per heavy atom. The summed E-state index contributed by atoms with van der Waals surface area (Å²) in [5, 5.41) is 17.3. The Bertz CT molecular complexity index is 138. The molecule has 0 radical (unpaired) electrons. The molecule has 0 aliphatic rings. The first kappa shape index (κ1) is 10.4. The van der Waals surface area contributed by atoms with Crippen molar-refractivity contribution in [2.45, 2.75) is 32.4 Å². The molecule has 0 aliphatic carbocycles. The third-order valence-corrected chi connectivity index (χ3v) is 1.92. The van der Waals surface area contributed by atoms with Crippen molar-refractivity contribution in [3.05, 3.63) is 0 Å². The lowest BCUT2D eigenvalue weighted by Crippen LogP contribution is -2.44. The highest BCUT2D eigenvalue weighted by Crippen LogP contribution is 2.08. The van der Waals surface area contributed by atoms with Crippen molar-refractivity contribution >= 4 is 5.97 Å². The predicted octanol–water partition coefficient (Wildman–Crippen LogP) is -0.195. The molecule has 66 valence electrons. The molecule has 4 nitrogen and oxygen atoms in total. The number of nitrogens with two attached hydrogens (primary N) is 1. The molecule has 0 amide bonds. The lowest BCUT2D eigenvalue weighted by Gasteiger charge is -2.20. The number of aliphatic carboxylic acids is 1. The molecule has 0 bridgehead atoms. The van der Waals surface area contributed by atoms with Crippen LogP contribution in [0.4, 0.5) is 0 Å². The van der Waals surface area contributed by atoms with Crippen LogP contribution in [0, 0.1) is 5.92 Å². The van der Waals surface area contributed by atoms with E-state index in [2.05, 4.69) is 0 Å². The van der Waals surface area contributed by atoms with E-state index in [-0.39, 0.29) is 5.92 Å². The minimum atomic E-state index is -1.44. The summed E-state index contributed by atoms with van der Waals surface area (Å²) in [7, 11) is 0. The van der Waals surface area contributed by atoms with Gasteiger partial charge in [0, 0.05) is 6.04 Å². The number of aliphatic hydroxyl groups excluding tert-OH is 1. The van der Waals surface area contributed by atoms with Crippen LogP contribution in [0.15, 0.2) is 0 Å². The van der Waals surface area contributed by atoms with Crippen LogP contribution in [-0.4, -0.2) is 28.3 Å². The van der Waals surface area contributed by atoms with Gasteiger partial charge in [0.15, 0.2) is 6.10 Å². The Hall–Kier alpha value is -0.610. The highest BCUT2D eigenvalue weighted by molar-refractivity contribution is 5.72. The Balaban J connectivity index is 4.00. The van der Waals surface area contributed by atoms with Crippen LogP contribution in [-0.2, 0) is 4.79 Å². The summed E-state index contributed by atoms with van der Waals surface area (Å²) in [6.45, 7) is 3.72. The summed E-state index contributed by atoms with van der Waals surface area (Å²) in [4.78, 5) is 10.2. The average molecular weight is 161 g/mol. The summed E-state index contributed by atoms with van der Waals surface area (Å²) in [5.74, 6) is -1.22. The zero-order valence-electron chi connectivity index (χ0n) is 6.82. The van der Waals surface area contributed by atoms with Gasteiger partial charge in [-0.15, -0.1) is 0 Å². The van der Waals surface area contributed by atoms with Crippen LogP contribution < -0.4 is 5.73 Å². The predicted molar refractivity (Wildman–Crippen MR) is 41.1 cm³/mol. The third kappa shape index (κ3) is 2.86. The maximum absolute atomic E-state index is 10.2. The number of carboxylic acids is 1. The van der Waals surface area contributed by atoms with Gasteiger partial charge >= 0.3 is 5.97 Å². The first-order chi connectivity index (χ1) is 5.00. The zero-order valence-corrected chi connectivity index (χ0v) is 6.82. The molecule has 0 aliphatic heterocycles. The highest BCUT2D eigenvalue weighted by atomic mass is 16.4. The first-order valence-corrected chi connectivity index (χ1v) is 3.67. The monoisotopic (exact) mass is 161 g/mol. The summed E-state index contributed by atoms with van der Waals surface area (Å²) in [5.41, 5.74) is 5.44. The van der Waals surface area contributed by atoms with E-state index in [0.29, 0.717) is 0 Å². The van der Waals surface area contributed by atoms with Crippen molar-refractivity contribution in [3.8, 4) is 0 Å². The molecule has 11 heavy (non-hydrogen) atoms. The number of aliphatic hydroxyl groups is 1. The fourth-order valence-corrected chi connectivity index (χ4v) is 0.748. The topological polar surface area (TPSA) is 83.5 Å². The summed E-state index contributed by atoms with van der Waals surface area (Å²) >= 11 is 0. The second-order valence-electron chi connectivity index (χ2n) is 2.75. The van der Waals surface area contributed by atoms with Gasteiger partial charge < -0.3 is 15.9 Å². The Morgan fingerprint density at radius 3 is 2.36 bits per heavy atom. The molecule has 0 fully saturated rings. The molecule has 0 aromatic carbocycles. The fraction of sp³-hybridized carbons (Fsp3) is 0.857. The minimum absolute atomic E-state index is 0.0288. The molecule has 4 N–H and O–H groups in total. The standard InChI is InChI=1S/C7H15NO3/c1-3-4(2)5(8)6(9)7(10)11/h4-6,9H,3,8H2,1-2H3,(H,10,11)/t4-,5-,6+/m0/s1. The lowest BCUT2D eigenvalue weighted by atomic mass is 9.95. The second-order valence-corrected chi connectivity index (χ2v) is 2.75. The molecular formula is C7H15NO3. The molecule has 0 spiro atoms. The first-order valence-electron chi connectivity index (χ1n) is 3.67. The van der Waals surface area contributed by atoms with E-state index in [1.165, 1.54) is 0 Å². The van der Waals surface area contributed by atoms with Crippen molar-refractivity contribution in [1.82, 2.24) is 0 Å². The zero-order chi connectivity index (χ0) is 9.02. The van der Waals surface area contributed by atoms with Gasteiger partial charge in [0.2, 0.25) is 0 Å². The largest absolute Gasteiger partial charge is 0.479 e. The number of carboxylic acid groups (broad SMARTS) is 1. The van der Waals surface area contributed by atoms with Crippen LogP contribution in [0.2, 0.25) is 0 Å². The molecular weight excluding hydrogens is 146 g/mol. The lowest BCUT2D eigenvalue weighted by molar-refractivity contribution is -0.148. The van der Waals surface area contributed by atoms with Gasteiger partial charge in [-0.2, -0.15) is 0 Å². The molecule has 0 unspecified atom stereocenters. The van der Waals surface area contributed by atoms with E-state index in [1.54, 1.807) is 0 Å². The van der Waals surface area contributed by atoms with Crippen molar-refractivity contribution in [1.29, 1.82) is 0 Å². The quantitative estimate of drug-likeness (QED) is 0.533. The number of hydrogen-bond acceptors (Lipinski definition) is 3. The SMILES string of the molecule is CC[C@H](C)[C@H](N)[C@@H](O)C(=O)O. The van der Waals surface area contributed by atoms with Crippen LogP contribution in [0.1, 0.15) is 20.3 Å². The summed E-state index contributed by atoms with van der Waals surface area (Å²) in [6.07, 6.45) is -0.671. The van der Waals surface area contributed by atoms with Gasteiger partial charge in [0.25, 0.3) is 0 Å². The molecule has 4 heteroatoms. The Morgan fingerprint density at radius 2 is 2.09 bits per heavy atom. The van der Waals surface area contributed by atoms with E-state index in [9.17, 15) is 4.79 Å². The van der Waals surface area contributed by atoms with Crippen LogP contribution >= 0.6 is 0 Å². The molecule has 0 saturated heterocycles. The number of hydrogen-bond donors (Lipinski definition) is 3. The van der Waals surface area contributed by atoms with Crippen LogP contribution in [0.3, 0.4) is 0 Å². The fourth-order valence-electron chi connectivity index (χ4n) is 0.748. The number of carbonyl (C=O) groups is 1. The van der Waals surface area contributed by atoms with Crippen LogP contribution in [0.5, 0.6) is 0 Å². The summed E-state index contributed by atoms with van der Waals surface area (Å²) < 4.78 is 0. The molecule has 0 aromatic rings.